The van der Waals surface area contributed by atoms with Crippen molar-refractivity contribution in [2.24, 2.45) is 22.0 Å². The van der Waals surface area contributed by atoms with Gasteiger partial charge in [0.1, 0.15) is 5.75 Å². The standard InChI is InChI=1S/C28H26N4O3/c1-18-24(27(33)31(29-18)20-12-6-4-7-13-20)26(22-16-10-11-17-23(22)35-3)25-19(2)30-32(28(25)34)21-14-8-5-9-15-21/h4-17,24-26H,1-3H3. The van der Waals surface area contributed by atoms with Gasteiger partial charge in [0.15, 0.2) is 0 Å². The summed E-state index contributed by atoms with van der Waals surface area (Å²) in [7, 11) is 1.59. The molecule has 3 aromatic carbocycles. The van der Waals surface area contributed by atoms with Crippen LogP contribution in [0.1, 0.15) is 25.3 Å². The summed E-state index contributed by atoms with van der Waals surface area (Å²) < 4.78 is 5.68. The predicted molar refractivity (Wildman–Crippen MR) is 137 cm³/mol. The first-order valence-corrected chi connectivity index (χ1v) is 11.5. The Balaban J connectivity index is 1.61. The normalized spacial score (nSPS) is 20.7. The van der Waals surface area contributed by atoms with Crippen LogP contribution >= 0.6 is 0 Å². The van der Waals surface area contributed by atoms with Gasteiger partial charge >= 0.3 is 0 Å². The maximum Gasteiger partial charge on any atom is 0.256 e. The van der Waals surface area contributed by atoms with Crippen molar-refractivity contribution in [2.75, 3.05) is 17.1 Å². The van der Waals surface area contributed by atoms with Crippen molar-refractivity contribution in [1.82, 2.24) is 0 Å². The van der Waals surface area contributed by atoms with Crippen LogP contribution in [0, 0.1) is 11.8 Å². The molecule has 5 rings (SSSR count). The van der Waals surface area contributed by atoms with Crippen LogP contribution in [-0.2, 0) is 9.59 Å². The highest BCUT2D eigenvalue weighted by molar-refractivity contribution is 6.19. The number of ether oxygens (including phenoxy) is 1. The molecular weight excluding hydrogens is 440 g/mol. The first-order chi connectivity index (χ1) is 17.0. The molecule has 3 aromatic rings. The molecule has 35 heavy (non-hydrogen) atoms. The number of anilines is 2. The second kappa shape index (κ2) is 9.18. The summed E-state index contributed by atoms with van der Waals surface area (Å²) in [6.45, 7) is 3.68. The number of carbonyl (C=O) groups excluding carboxylic acids is 2. The number of para-hydroxylation sites is 3. The van der Waals surface area contributed by atoms with E-state index < -0.39 is 17.8 Å². The summed E-state index contributed by atoms with van der Waals surface area (Å²) in [6, 6.07) is 26.2. The Morgan fingerprint density at radius 3 is 1.57 bits per heavy atom. The van der Waals surface area contributed by atoms with Gasteiger partial charge in [-0.05, 0) is 49.7 Å². The Morgan fingerprint density at radius 1 is 0.686 bits per heavy atom. The lowest BCUT2D eigenvalue weighted by molar-refractivity contribution is -0.122. The van der Waals surface area contributed by atoms with Gasteiger partial charge in [-0.15, -0.1) is 0 Å². The van der Waals surface area contributed by atoms with Crippen molar-refractivity contribution in [3.63, 3.8) is 0 Å². The third kappa shape index (κ3) is 3.89. The molecule has 0 radical (unpaired) electrons. The third-order valence-electron chi connectivity index (χ3n) is 6.58. The quantitative estimate of drug-likeness (QED) is 0.521. The van der Waals surface area contributed by atoms with Crippen molar-refractivity contribution in [2.45, 2.75) is 19.8 Å². The second-order valence-corrected chi connectivity index (χ2v) is 8.68. The van der Waals surface area contributed by atoms with Crippen LogP contribution in [0.3, 0.4) is 0 Å². The Labute approximate surface area is 204 Å². The average molecular weight is 467 g/mol. The highest BCUT2D eigenvalue weighted by atomic mass is 16.5. The summed E-state index contributed by atoms with van der Waals surface area (Å²) >= 11 is 0. The Hall–Kier alpha value is -4.26. The van der Waals surface area contributed by atoms with Crippen LogP contribution in [0.25, 0.3) is 0 Å². The molecule has 0 aliphatic carbocycles. The molecule has 0 bridgehead atoms. The van der Waals surface area contributed by atoms with Gasteiger partial charge in [-0.1, -0.05) is 54.6 Å². The van der Waals surface area contributed by atoms with E-state index in [4.69, 9.17) is 4.74 Å². The van der Waals surface area contributed by atoms with Crippen molar-refractivity contribution < 1.29 is 14.3 Å². The second-order valence-electron chi connectivity index (χ2n) is 8.68. The lowest BCUT2D eigenvalue weighted by Gasteiger charge is -2.29. The van der Waals surface area contributed by atoms with E-state index >= 15 is 0 Å². The largest absolute Gasteiger partial charge is 0.496 e. The van der Waals surface area contributed by atoms with Crippen molar-refractivity contribution in [3.05, 3.63) is 90.5 Å². The van der Waals surface area contributed by atoms with Gasteiger partial charge in [0.2, 0.25) is 0 Å². The van der Waals surface area contributed by atoms with Crippen molar-refractivity contribution >= 4 is 34.6 Å². The minimum atomic E-state index is -0.652. The van der Waals surface area contributed by atoms with E-state index in [2.05, 4.69) is 10.2 Å². The van der Waals surface area contributed by atoms with E-state index in [0.29, 0.717) is 28.5 Å². The number of carbonyl (C=O) groups is 2. The molecule has 2 atom stereocenters. The SMILES string of the molecule is COc1ccccc1C(C1C(=O)N(c2ccccc2)N=C1C)C1C(=O)N(c2ccccc2)N=C1C. The number of hydrazone groups is 2. The molecule has 0 N–H and O–H groups in total. The van der Waals surface area contributed by atoms with Crippen molar-refractivity contribution in [1.29, 1.82) is 0 Å². The molecule has 0 saturated carbocycles. The molecule has 0 spiro atoms. The average Bonchev–Trinajstić information content (AvgIpc) is 3.36. The Kier molecular flexibility index (Phi) is 5.91. The fourth-order valence-electron chi connectivity index (χ4n) is 4.99. The van der Waals surface area contributed by atoms with E-state index in [1.807, 2.05) is 98.8 Å². The Morgan fingerprint density at radius 2 is 1.11 bits per heavy atom. The molecule has 2 unspecified atom stereocenters. The van der Waals surface area contributed by atoms with Crippen molar-refractivity contribution in [3.8, 4) is 5.75 Å². The monoisotopic (exact) mass is 466 g/mol. The number of hydrogen-bond acceptors (Lipinski definition) is 5. The first-order valence-electron chi connectivity index (χ1n) is 11.5. The van der Waals surface area contributed by atoms with E-state index in [0.717, 1.165) is 5.56 Å². The summed E-state index contributed by atoms with van der Waals surface area (Å²) in [5.74, 6) is -1.58. The summed E-state index contributed by atoms with van der Waals surface area (Å²) in [6.07, 6.45) is 0. The highest BCUT2D eigenvalue weighted by Crippen LogP contribution is 2.45. The lowest BCUT2D eigenvalue weighted by Crippen LogP contribution is -2.40. The molecule has 2 aliphatic rings. The number of methoxy groups -OCH3 is 1. The molecule has 7 heteroatoms. The zero-order valence-corrected chi connectivity index (χ0v) is 19.8. The number of hydrogen-bond donors (Lipinski definition) is 0. The first kappa shape index (κ1) is 22.5. The highest BCUT2D eigenvalue weighted by Gasteiger charge is 2.50. The van der Waals surface area contributed by atoms with Gasteiger partial charge in [-0.2, -0.15) is 10.2 Å². The van der Waals surface area contributed by atoms with Crippen LogP contribution in [0.5, 0.6) is 5.75 Å². The Bertz CT molecular complexity index is 1240. The van der Waals surface area contributed by atoms with Crippen LogP contribution in [-0.4, -0.2) is 30.3 Å². The zero-order valence-electron chi connectivity index (χ0n) is 19.8. The minimum Gasteiger partial charge on any atom is -0.496 e. The van der Waals surface area contributed by atoms with Crippen LogP contribution in [0.2, 0.25) is 0 Å². The summed E-state index contributed by atoms with van der Waals surface area (Å²) in [5.41, 5.74) is 3.45. The summed E-state index contributed by atoms with van der Waals surface area (Å²) in [4.78, 5) is 27.7. The lowest BCUT2D eigenvalue weighted by atomic mass is 9.72. The van der Waals surface area contributed by atoms with E-state index in [-0.39, 0.29) is 11.8 Å². The van der Waals surface area contributed by atoms with Gasteiger partial charge < -0.3 is 4.74 Å². The molecule has 7 nitrogen and oxygen atoms in total. The van der Waals surface area contributed by atoms with Gasteiger partial charge in [-0.3, -0.25) is 9.59 Å². The van der Waals surface area contributed by atoms with Gasteiger partial charge in [0.25, 0.3) is 11.8 Å². The fourth-order valence-corrected chi connectivity index (χ4v) is 4.99. The molecular formula is C28H26N4O3. The summed E-state index contributed by atoms with van der Waals surface area (Å²) in [5, 5.41) is 12.1. The number of rotatable bonds is 6. The van der Waals surface area contributed by atoms with Crippen LogP contribution < -0.4 is 14.8 Å². The topological polar surface area (TPSA) is 74.6 Å². The van der Waals surface area contributed by atoms with Crippen LogP contribution in [0.15, 0.2) is 95.1 Å². The number of benzene rings is 3. The maximum atomic E-state index is 13.9. The smallest absolute Gasteiger partial charge is 0.256 e. The fraction of sp³-hybridized carbons (Fsp3) is 0.214. The van der Waals surface area contributed by atoms with E-state index in [1.165, 1.54) is 10.0 Å². The van der Waals surface area contributed by atoms with E-state index in [9.17, 15) is 9.59 Å². The molecule has 0 fully saturated rings. The minimum absolute atomic E-state index is 0.177. The number of nitrogens with zero attached hydrogens (tertiary/aromatic N) is 4. The third-order valence-corrected chi connectivity index (χ3v) is 6.58. The molecule has 0 aromatic heterocycles. The van der Waals surface area contributed by atoms with E-state index in [1.54, 1.807) is 7.11 Å². The van der Waals surface area contributed by atoms with Gasteiger partial charge in [-0.25, -0.2) is 10.0 Å². The molecule has 2 amide bonds. The molecule has 0 saturated heterocycles. The zero-order chi connectivity index (χ0) is 24.5. The molecule has 176 valence electrons. The predicted octanol–water partition coefficient (Wildman–Crippen LogP) is 4.86. The van der Waals surface area contributed by atoms with Gasteiger partial charge in [0.05, 0.1) is 30.3 Å². The van der Waals surface area contributed by atoms with Gasteiger partial charge in [0, 0.05) is 17.3 Å². The van der Waals surface area contributed by atoms with Crippen LogP contribution in [0.4, 0.5) is 11.4 Å². The number of amides is 2. The maximum absolute atomic E-state index is 13.9. The molecule has 2 heterocycles. The molecule has 2 aliphatic heterocycles.